The minimum Gasteiger partial charge on any atom is -0.497 e. The first-order valence-corrected chi connectivity index (χ1v) is 10.0. The molecule has 156 valence electrons. The molecular formula is C26H24N2O3. The topological polar surface area (TPSA) is 49.9 Å². The summed E-state index contributed by atoms with van der Waals surface area (Å²) in [4.78, 5) is 28.6. The number of likely N-dealkylation sites (N-methyl/N-ethyl adjacent to an activating group) is 1. The molecular weight excluding hydrogens is 388 g/mol. The standard InChI is InChI=1S/C26H24N2O3/c1-17(29)27(2)20-12-8-11-19(15-20)24(18-9-6-5-7-10-18)25-22-16-21(31-4)13-14-23(22)28(3)26(25)30/h5-16H,1-4H3/b25-24-. The predicted molar refractivity (Wildman–Crippen MR) is 124 cm³/mol. The lowest BCUT2D eigenvalue weighted by Crippen LogP contribution is -2.23. The largest absolute Gasteiger partial charge is 0.497 e. The van der Waals surface area contributed by atoms with Gasteiger partial charge in [-0.15, -0.1) is 0 Å². The van der Waals surface area contributed by atoms with Crippen LogP contribution in [-0.4, -0.2) is 33.0 Å². The second-order valence-corrected chi connectivity index (χ2v) is 7.49. The molecule has 3 aromatic carbocycles. The van der Waals surface area contributed by atoms with Crippen LogP contribution in [0.25, 0.3) is 11.1 Å². The number of benzene rings is 3. The number of methoxy groups -OCH3 is 1. The molecule has 3 aromatic rings. The number of carbonyl (C=O) groups excluding carboxylic acids is 2. The second kappa shape index (κ2) is 8.11. The predicted octanol–water partition coefficient (Wildman–Crippen LogP) is 4.61. The summed E-state index contributed by atoms with van der Waals surface area (Å²) >= 11 is 0. The molecule has 0 saturated carbocycles. The molecule has 1 aliphatic heterocycles. The second-order valence-electron chi connectivity index (χ2n) is 7.49. The van der Waals surface area contributed by atoms with Gasteiger partial charge >= 0.3 is 0 Å². The Morgan fingerprint density at radius 3 is 2.32 bits per heavy atom. The minimum atomic E-state index is -0.0765. The highest BCUT2D eigenvalue weighted by Crippen LogP contribution is 2.44. The zero-order valence-corrected chi connectivity index (χ0v) is 18.0. The van der Waals surface area contributed by atoms with E-state index in [0.29, 0.717) is 11.3 Å². The first-order valence-electron chi connectivity index (χ1n) is 10.0. The van der Waals surface area contributed by atoms with Gasteiger partial charge in [-0.05, 0) is 41.5 Å². The normalized spacial score (nSPS) is 14.3. The van der Waals surface area contributed by atoms with Crippen molar-refractivity contribution in [1.82, 2.24) is 0 Å². The molecule has 4 rings (SSSR count). The Hall–Kier alpha value is -3.86. The van der Waals surface area contributed by atoms with Gasteiger partial charge in [0.15, 0.2) is 0 Å². The number of carbonyl (C=O) groups is 2. The molecule has 0 spiro atoms. The zero-order valence-electron chi connectivity index (χ0n) is 18.0. The number of nitrogens with zero attached hydrogens (tertiary/aromatic N) is 2. The highest BCUT2D eigenvalue weighted by molar-refractivity contribution is 6.38. The number of anilines is 2. The van der Waals surface area contributed by atoms with E-state index in [2.05, 4.69) is 0 Å². The van der Waals surface area contributed by atoms with Gasteiger partial charge in [0.2, 0.25) is 5.91 Å². The van der Waals surface area contributed by atoms with E-state index in [1.54, 1.807) is 31.0 Å². The summed E-state index contributed by atoms with van der Waals surface area (Å²) in [7, 11) is 5.14. The third kappa shape index (κ3) is 3.59. The molecule has 0 aromatic heterocycles. The smallest absolute Gasteiger partial charge is 0.259 e. The van der Waals surface area contributed by atoms with E-state index in [-0.39, 0.29) is 11.8 Å². The first kappa shape index (κ1) is 20.4. The van der Waals surface area contributed by atoms with Crippen LogP contribution in [0.5, 0.6) is 5.75 Å². The minimum absolute atomic E-state index is 0.0576. The molecule has 1 aliphatic rings. The molecule has 0 N–H and O–H groups in total. The third-order valence-corrected chi connectivity index (χ3v) is 5.66. The lowest BCUT2D eigenvalue weighted by Gasteiger charge is -2.18. The van der Waals surface area contributed by atoms with Gasteiger partial charge in [-0.3, -0.25) is 9.59 Å². The van der Waals surface area contributed by atoms with Crippen LogP contribution in [0.3, 0.4) is 0 Å². The highest BCUT2D eigenvalue weighted by Gasteiger charge is 2.33. The molecule has 31 heavy (non-hydrogen) atoms. The van der Waals surface area contributed by atoms with Crippen LogP contribution >= 0.6 is 0 Å². The van der Waals surface area contributed by atoms with Crippen LogP contribution in [0.2, 0.25) is 0 Å². The van der Waals surface area contributed by atoms with Gasteiger partial charge < -0.3 is 14.5 Å². The van der Waals surface area contributed by atoms with E-state index in [1.807, 2.05) is 72.8 Å². The Bertz CT molecular complexity index is 1200. The number of amides is 2. The maximum atomic E-state index is 13.4. The number of rotatable bonds is 4. The van der Waals surface area contributed by atoms with E-state index in [4.69, 9.17) is 4.74 Å². The zero-order chi connectivity index (χ0) is 22.1. The quantitative estimate of drug-likeness (QED) is 0.588. The lowest BCUT2D eigenvalue weighted by atomic mass is 9.89. The van der Waals surface area contributed by atoms with Crippen LogP contribution < -0.4 is 14.5 Å². The van der Waals surface area contributed by atoms with Crippen LogP contribution in [0, 0.1) is 0 Å². The maximum absolute atomic E-state index is 13.4. The van der Waals surface area contributed by atoms with Crippen molar-refractivity contribution in [3.8, 4) is 5.75 Å². The van der Waals surface area contributed by atoms with Crippen LogP contribution in [0.1, 0.15) is 23.6 Å². The molecule has 0 saturated heterocycles. The fourth-order valence-corrected chi connectivity index (χ4v) is 3.88. The average Bonchev–Trinajstić information content (AvgIpc) is 3.04. The van der Waals surface area contributed by atoms with Crippen molar-refractivity contribution in [1.29, 1.82) is 0 Å². The van der Waals surface area contributed by atoms with Gasteiger partial charge in [-0.2, -0.15) is 0 Å². The highest BCUT2D eigenvalue weighted by atomic mass is 16.5. The number of ether oxygens (including phenoxy) is 1. The fourth-order valence-electron chi connectivity index (χ4n) is 3.88. The van der Waals surface area contributed by atoms with Crippen molar-refractivity contribution in [2.75, 3.05) is 31.0 Å². The Balaban J connectivity index is 2.03. The summed E-state index contributed by atoms with van der Waals surface area (Å²) in [6.45, 7) is 1.53. The molecule has 0 bridgehead atoms. The van der Waals surface area contributed by atoms with Gasteiger partial charge in [-0.25, -0.2) is 0 Å². The summed E-state index contributed by atoms with van der Waals surface area (Å²) in [5, 5.41) is 0. The Morgan fingerprint density at radius 2 is 1.65 bits per heavy atom. The SMILES string of the molecule is COc1ccc2c(c1)/C(=C(\c1ccccc1)c1cccc(N(C)C(C)=O)c1)C(=O)N2C. The molecule has 0 unspecified atom stereocenters. The van der Waals surface area contributed by atoms with Crippen molar-refractivity contribution in [2.45, 2.75) is 6.92 Å². The third-order valence-electron chi connectivity index (χ3n) is 5.66. The van der Waals surface area contributed by atoms with E-state index < -0.39 is 0 Å². The van der Waals surface area contributed by atoms with Gasteiger partial charge in [0.05, 0.1) is 18.4 Å². The number of fused-ring (bicyclic) bond motifs is 1. The van der Waals surface area contributed by atoms with E-state index in [0.717, 1.165) is 33.6 Å². The van der Waals surface area contributed by atoms with Crippen molar-refractivity contribution in [2.24, 2.45) is 0 Å². The van der Waals surface area contributed by atoms with Gasteiger partial charge in [0.1, 0.15) is 5.75 Å². The Morgan fingerprint density at radius 1 is 0.935 bits per heavy atom. The van der Waals surface area contributed by atoms with E-state index >= 15 is 0 Å². The van der Waals surface area contributed by atoms with E-state index in [1.165, 1.54) is 6.92 Å². The molecule has 0 atom stereocenters. The molecule has 1 heterocycles. The Labute approximate surface area is 182 Å². The maximum Gasteiger partial charge on any atom is 0.259 e. The monoisotopic (exact) mass is 412 g/mol. The molecule has 0 radical (unpaired) electrons. The average molecular weight is 412 g/mol. The molecule has 5 nitrogen and oxygen atoms in total. The van der Waals surface area contributed by atoms with Gasteiger partial charge in [0.25, 0.3) is 5.91 Å². The number of hydrogen-bond donors (Lipinski definition) is 0. The van der Waals surface area contributed by atoms with Crippen LogP contribution in [-0.2, 0) is 9.59 Å². The summed E-state index contributed by atoms with van der Waals surface area (Å²) in [6, 6.07) is 23.2. The Kier molecular flexibility index (Phi) is 5.34. The van der Waals surface area contributed by atoms with Gasteiger partial charge in [-0.1, -0.05) is 42.5 Å². The summed E-state index contributed by atoms with van der Waals surface area (Å²) in [5.74, 6) is 0.557. The van der Waals surface area contributed by atoms with Crippen LogP contribution in [0.4, 0.5) is 11.4 Å². The van der Waals surface area contributed by atoms with E-state index in [9.17, 15) is 9.59 Å². The van der Waals surface area contributed by atoms with Crippen molar-refractivity contribution < 1.29 is 14.3 Å². The number of hydrogen-bond acceptors (Lipinski definition) is 3. The summed E-state index contributed by atoms with van der Waals surface area (Å²) in [5.41, 5.74) is 5.67. The van der Waals surface area contributed by atoms with Crippen LogP contribution in [0.15, 0.2) is 72.8 Å². The van der Waals surface area contributed by atoms with Crippen molar-refractivity contribution in [3.05, 3.63) is 89.5 Å². The van der Waals surface area contributed by atoms with Crippen molar-refractivity contribution in [3.63, 3.8) is 0 Å². The molecule has 2 amide bonds. The summed E-state index contributed by atoms with van der Waals surface area (Å²) < 4.78 is 5.43. The summed E-state index contributed by atoms with van der Waals surface area (Å²) in [6.07, 6.45) is 0. The molecule has 5 heteroatoms. The fraction of sp³-hybridized carbons (Fsp3) is 0.154. The van der Waals surface area contributed by atoms with Crippen molar-refractivity contribution >= 4 is 34.3 Å². The molecule has 0 aliphatic carbocycles. The molecule has 0 fully saturated rings. The first-order chi connectivity index (χ1) is 14.9. The van der Waals surface area contributed by atoms with Gasteiger partial charge in [0, 0.05) is 37.8 Å². The lowest BCUT2D eigenvalue weighted by molar-refractivity contribution is -0.116.